The third-order valence-electron chi connectivity index (χ3n) is 2.13. The van der Waals surface area contributed by atoms with E-state index >= 15 is 0 Å². The number of carbonyl (C=O) groups excluding carboxylic acids is 1. The van der Waals surface area contributed by atoms with E-state index in [0.717, 1.165) is 0 Å². The molecule has 0 fully saturated rings. The molecule has 0 heterocycles. The summed E-state index contributed by atoms with van der Waals surface area (Å²) < 4.78 is 4.93. The molecule has 90 valence electrons. The lowest BCUT2D eigenvalue weighted by atomic mass is 10.2. The average Bonchev–Trinajstić information content (AvgIpc) is 2.34. The lowest BCUT2D eigenvalue weighted by Crippen LogP contribution is -2.05. The van der Waals surface area contributed by atoms with Gasteiger partial charge in [0.1, 0.15) is 6.61 Å². The van der Waals surface area contributed by atoms with E-state index in [-0.39, 0.29) is 24.7 Å². The number of nitro groups is 1. The van der Waals surface area contributed by atoms with Gasteiger partial charge in [-0.25, -0.2) is 0 Å². The van der Waals surface area contributed by atoms with Gasteiger partial charge in [0.05, 0.1) is 10.5 Å². The molecule has 0 saturated carbocycles. The van der Waals surface area contributed by atoms with Crippen molar-refractivity contribution in [3.05, 3.63) is 52.6 Å². The number of carbonyl (C=O) groups is 1. The van der Waals surface area contributed by atoms with Crippen molar-refractivity contribution in [2.24, 2.45) is 0 Å². The molecule has 0 atom stereocenters. The highest BCUT2D eigenvalue weighted by Crippen LogP contribution is 2.18. The number of esters is 1. The molecule has 0 aliphatic rings. The maximum absolute atomic E-state index is 11.2. The van der Waals surface area contributed by atoms with Crippen molar-refractivity contribution < 1.29 is 14.5 Å². The minimum Gasteiger partial charge on any atom is -0.461 e. The molecule has 0 amide bonds. The molecule has 0 aromatic heterocycles. The Bertz CT molecular complexity index is 428. The Kier molecular flexibility index (Phi) is 4.87. The Hall–Kier alpha value is -2.17. The molecule has 0 bridgehead atoms. The number of ether oxygens (including phenoxy) is 1. The van der Waals surface area contributed by atoms with Crippen molar-refractivity contribution >= 4 is 11.7 Å². The predicted molar refractivity (Wildman–Crippen MR) is 62.3 cm³/mol. The second kappa shape index (κ2) is 6.42. The third-order valence-corrected chi connectivity index (χ3v) is 2.13. The quantitative estimate of drug-likeness (QED) is 0.329. The van der Waals surface area contributed by atoms with E-state index in [4.69, 9.17) is 4.74 Å². The van der Waals surface area contributed by atoms with Crippen LogP contribution in [-0.2, 0) is 16.1 Å². The Balaban J connectivity index is 2.60. The van der Waals surface area contributed by atoms with E-state index in [9.17, 15) is 14.9 Å². The van der Waals surface area contributed by atoms with Gasteiger partial charge >= 0.3 is 5.97 Å². The number of nitrogens with zero attached hydrogens (tertiary/aromatic N) is 1. The van der Waals surface area contributed by atoms with Crippen LogP contribution in [0.15, 0.2) is 36.9 Å². The maximum Gasteiger partial charge on any atom is 0.306 e. The van der Waals surface area contributed by atoms with Crippen LogP contribution in [0.2, 0.25) is 0 Å². The number of para-hydroxylation sites is 1. The summed E-state index contributed by atoms with van der Waals surface area (Å²) >= 11 is 0. The molecule has 5 nitrogen and oxygen atoms in total. The molecule has 1 rings (SSSR count). The first kappa shape index (κ1) is 12.9. The van der Waals surface area contributed by atoms with E-state index in [1.807, 2.05) is 0 Å². The monoisotopic (exact) mass is 235 g/mol. The van der Waals surface area contributed by atoms with E-state index in [0.29, 0.717) is 12.0 Å². The molecule has 0 unspecified atom stereocenters. The topological polar surface area (TPSA) is 69.4 Å². The highest BCUT2D eigenvalue weighted by molar-refractivity contribution is 5.69. The number of rotatable bonds is 6. The first-order valence-electron chi connectivity index (χ1n) is 5.14. The average molecular weight is 235 g/mol. The molecule has 1 aromatic rings. The normalized spacial score (nSPS) is 9.65. The van der Waals surface area contributed by atoms with Gasteiger partial charge in [0.25, 0.3) is 5.69 Å². The van der Waals surface area contributed by atoms with Crippen molar-refractivity contribution in [1.29, 1.82) is 0 Å². The van der Waals surface area contributed by atoms with E-state index in [1.165, 1.54) is 6.07 Å². The summed E-state index contributed by atoms with van der Waals surface area (Å²) in [6.07, 6.45) is 2.39. The Morgan fingerprint density at radius 1 is 1.47 bits per heavy atom. The molecule has 0 radical (unpaired) electrons. The van der Waals surface area contributed by atoms with Gasteiger partial charge in [0, 0.05) is 12.5 Å². The summed E-state index contributed by atoms with van der Waals surface area (Å²) in [7, 11) is 0. The highest BCUT2D eigenvalue weighted by Gasteiger charge is 2.13. The Morgan fingerprint density at radius 2 is 2.18 bits per heavy atom. The molecule has 0 N–H and O–H groups in total. The predicted octanol–water partition coefficient (Wildman–Crippen LogP) is 2.60. The summed E-state index contributed by atoms with van der Waals surface area (Å²) in [5.74, 6) is -0.386. The SMILES string of the molecule is C=CCCC(=O)OCc1ccccc1[N+](=O)[O-]. The number of nitro benzene ring substituents is 1. The van der Waals surface area contributed by atoms with Crippen molar-refractivity contribution in [3.8, 4) is 0 Å². The standard InChI is InChI=1S/C12H13NO4/c1-2-3-8-12(14)17-9-10-6-4-5-7-11(10)13(15)16/h2,4-7H,1,3,8-9H2. The molecule has 0 aliphatic heterocycles. The van der Waals surface area contributed by atoms with E-state index < -0.39 is 4.92 Å². The molecule has 0 saturated heterocycles. The fourth-order valence-electron chi connectivity index (χ4n) is 1.26. The fourth-order valence-corrected chi connectivity index (χ4v) is 1.26. The number of benzene rings is 1. The molecule has 5 heteroatoms. The maximum atomic E-state index is 11.2. The van der Waals surface area contributed by atoms with Crippen LogP contribution < -0.4 is 0 Å². The zero-order chi connectivity index (χ0) is 12.7. The van der Waals surface area contributed by atoms with Crippen LogP contribution in [-0.4, -0.2) is 10.9 Å². The van der Waals surface area contributed by atoms with Crippen LogP contribution in [0.5, 0.6) is 0 Å². The van der Waals surface area contributed by atoms with Crippen molar-refractivity contribution in [3.63, 3.8) is 0 Å². The van der Waals surface area contributed by atoms with Crippen LogP contribution in [0.3, 0.4) is 0 Å². The van der Waals surface area contributed by atoms with Crippen LogP contribution in [0, 0.1) is 10.1 Å². The fraction of sp³-hybridized carbons (Fsp3) is 0.250. The van der Waals surface area contributed by atoms with Gasteiger partial charge in [0.2, 0.25) is 0 Å². The summed E-state index contributed by atoms with van der Waals surface area (Å²) in [5.41, 5.74) is 0.355. The van der Waals surface area contributed by atoms with Gasteiger partial charge in [-0.1, -0.05) is 18.2 Å². The van der Waals surface area contributed by atoms with E-state index in [1.54, 1.807) is 24.3 Å². The van der Waals surface area contributed by atoms with Crippen LogP contribution in [0.4, 0.5) is 5.69 Å². The second-order valence-corrected chi connectivity index (χ2v) is 3.37. The van der Waals surface area contributed by atoms with Crippen LogP contribution in [0.1, 0.15) is 18.4 Å². The highest BCUT2D eigenvalue weighted by atomic mass is 16.6. The third kappa shape index (κ3) is 4.06. The van der Waals surface area contributed by atoms with E-state index in [2.05, 4.69) is 6.58 Å². The number of allylic oxidation sites excluding steroid dienone is 1. The Morgan fingerprint density at radius 3 is 2.82 bits per heavy atom. The molecule has 17 heavy (non-hydrogen) atoms. The summed E-state index contributed by atoms with van der Waals surface area (Å²) in [6.45, 7) is 3.41. The molecule has 0 spiro atoms. The lowest BCUT2D eigenvalue weighted by molar-refractivity contribution is -0.385. The van der Waals surface area contributed by atoms with Crippen LogP contribution >= 0.6 is 0 Å². The van der Waals surface area contributed by atoms with Gasteiger partial charge in [-0.15, -0.1) is 6.58 Å². The smallest absolute Gasteiger partial charge is 0.306 e. The second-order valence-electron chi connectivity index (χ2n) is 3.37. The van der Waals surface area contributed by atoms with Crippen LogP contribution in [0.25, 0.3) is 0 Å². The zero-order valence-electron chi connectivity index (χ0n) is 9.30. The van der Waals surface area contributed by atoms with Gasteiger partial charge in [0.15, 0.2) is 0 Å². The number of hydrogen-bond acceptors (Lipinski definition) is 4. The van der Waals surface area contributed by atoms with Crippen molar-refractivity contribution in [2.45, 2.75) is 19.4 Å². The van der Waals surface area contributed by atoms with Gasteiger partial charge in [-0.2, -0.15) is 0 Å². The molecule has 1 aromatic carbocycles. The van der Waals surface area contributed by atoms with Gasteiger partial charge in [-0.3, -0.25) is 14.9 Å². The zero-order valence-corrected chi connectivity index (χ0v) is 9.30. The largest absolute Gasteiger partial charge is 0.461 e. The number of hydrogen-bond donors (Lipinski definition) is 0. The molecular weight excluding hydrogens is 222 g/mol. The first-order valence-corrected chi connectivity index (χ1v) is 5.14. The molecular formula is C12H13NO4. The Labute approximate surface area is 98.9 Å². The summed E-state index contributed by atoms with van der Waals surface area (Å²) in [4.78, 5) is 21.4. The summed E-state index contributed by atoms with van der Waals surface area (Å²) in [5, 5.41) is 10.7. The van der Waals surface area contributed by atoms with Gasteiger partial charge in [-0.05, 0) is 12.5 Å². The van der Waals surface area contributed by atoms with Gasteiger partial charge < -0.3 is 4.74 Å². The van der Waals surface area contributed by atoms with Crippen molar-refractivity contribution in [2.75, 3.05) is 0 Å². The minimum atomic E-state index is -0.493. The van der Waals surface area contributed by atoms with Crippen molar-refractivity contribution in [1.82, 2.24) is 0 Å². The minimum absolute atomic E-state index is 0.0379. The summed E-state index contributed by atoms with van der Waals surface area (Å²) in [6, 6.07) is 6.19. The first-order chi connectivity index (χ1) is 8.15. The molecule has 0 aliphatic carbocycles. The lowest BCUT2D eigenvalue weighted by Gasteiger charge is -2.04.